The fraction of sp³-hybridized carbons (Fsp3) is 0.737. The maximum atomic E-state index is 13.2. The minimum absolute atomic E-state index is 0.0699. The number of carbonyl (C=O) groups excluding carboxylic acids is 1. The zero-order chi connectivity index (χ0) is 21.0. The van der Waals surface area contributed by atoms with E-state index in [0.29, 0.717) is 31.9 Å². The van der Waals surface area contributed by atoms with Crippen molar-refractivity contribution in [3.8, 4) is 0 Å². The van der Waals surface area contributed by atoms with Crippen molar-refractivity contribution in [1.29, 1.82) is 0 Å². The normalized spacial score (nSPS) is 23.1. The van der Waals surface area contributed by atoms with Crippen molar-refractivity contribution < 1.29 is 13.2 Å². The number of hydrogen-bond donors (Lipinski definition) is 1. The molecule has 3 heterocycles. The predicted octanol–water partition coefficient (Wildman–Crippen LogP) is 0.958. The van der Waals surface area contributed by atoms with E-state index < -0.39 is 9.84 Å². The third kappa shape index (κ3) is 6.05. The Balaban J connectivity index is 1.61. The molecule has 2 fully saturated rings. The molecule has 3 rings (SSSR count). The Morgan fingerprint density at radius 2 is 1.90 bits per heavy atom. The monoisotopic (exact) mass is 441 g/mol. The molecule has 2 saturated heterocycles. The molecule has 162 valence electrons. The van der Waals surface area contributed by atoms with E-state index in [4.69, 9.17) is 0 Å². The van der Waals surface area contributed by atoms with Crippen molar-refractivity contribution >= 4 is 33.5 Å². The minimum atomic E-state index is -2.89. The summed E-state index contributed by atoms with van der Waals surface area (Å²) in [5.41, 5.74) is 1.74. The van der Waals surface area contributed by atoms with Gasteiger partial charge >= 0.3 is 0 Å². The van der Waals surface area contributed by atoms with E-state index in [-0.39, 0.29) is 29.5 Å². The second-order valence-electron chi connectivity index (χ2n) is 7.87. The first-order valence-corrected chi connectivity index (χ1v) is 13.3. The van der Waals surface area contributed by atoms with Crippen LogP contribution < -0.4 is 5.32 Å². The van der Waals surface area contributed by atoms with E-state index in [2.05, 4.69) is 20.2 Å². The van der Waals surface area contributed by atoms with Gasteiger partial charge in [0, 0.05) is 43.6 Å². The zero-order valence-electron chi connectivity index (χ0n) is 17.4. The van der Waals surface area contributed by atoms with E-state index in [9.17, 15) is 13.2 Å². The Labute approximate surface area is 177 Å². The number of piperazine rings is 1. The largest absolute Gasteiger partial charge is 0.342 e. The number of carbonyl (C=O) groups is 1. The molecule has 0 spiro atoms. The van der Waals surface area contributed by atoms with Crippen LogP contribution in [-0.4, -0.2) is 95.9 Å². The highest BCUT2D eigenvalue weighted by Crippen LogP contribution is 2.20. The Kier molecular flexibility index (Phi) is 7.39. The molecule has 0 bridgehead atoms. The predicted molar refractivity (Wildman–Crippen MR) is 117 cm³/mol. The highest BCUT2D eigenvalue weighted by molar-refractivity contribution is 7.98. The summed E-state index contributed by atoms with van der Waals surface area (Å²) in [4.78, 5) is 26.2. The molecule has 2 aliphatic heterocycles. The Hall–Kier alpha value is -1.39. The van der Waals surface area contributed by atoms with Gasteiger partial charge < -0.3 is 10.2 Å². The van der Waals surface area contributed by atoms with Crippen LogP contribution in [0.2, 0.25) is 0 Å². The summed E-state index contributed by atoms with van der Waals surface area (Å²) in [6.45, 7) is 6.53. The van der Waals surface area contributed by atoms with Gasteiger partial charge in [-0.2, -0.15) is 11.8 Å². The maximum absolute atomic E-state index is 13.2. The summed E-state index contributed by atoms with van der Waals surface area (Å²) in [7, 11) is -2.89. The number of thioether (sulfide) groups is 1. The SMILES string of the molecule is CSCC[C@H](Nc1nc(C)cc(C)n1)C(=O)N1CCN([C@@H]2CCS(=O)(=O)C2)CC1. The zero-order valence-corrected chi connectivity index (χ0v) is 19.1. The van der Waals surface area contributed by atoms with Crippen LogP contribution >= 0.6 is 11.8 Å². The van der Waals surface area contributed by atoms with E-state index in [1.54, 1.807) is 11.8 Å². The summed E-state index contributed by atoms with van der Waals surface area (Å²) < 4.78 is 23.5. The molecule has 0 saturated carbocycles. The lowest BCUT2D eigenvalue weighted by molar-refractivity contribution is -0.134. The van der Waals surface area contributed by atoms with Gasteiger partial charge in [-0.25, -0.2) is 18.4 Å². The molecular weight excluding hydrogens is 410 g/mol. The fourth-order valence-corrected chi connectivity index (χ4v) is 6.26. The number of sulfone groups is 1. The van der Waals surface area contributed by atoms with E-state index >= 15 is 0 Å². The molecule has 2 atom stereocenters. The lowest BCUT2D eigenvalue weighted by Gasteiger charge is -2.39. The molecule has 2 aliphatic rings. The van der Waals surface area contributed by atoms with Crippen molar-refractivity contribution in [2.45, 2.75) is 38.8 Å². The summed E-state index contributed by atoms with van der Waals surface area (Å²) in [6, 6.07) is 1.65. The Bertz CT molecular complexity index is 805. The molecule has 29 heavy (non-hydrogen) atoms. The molecular formula is C19H31N5O3S2. The molecule has 8 nitrogen and oxygen atoms in total. The van der Waals surface area contributed by atoms with E-state index in [0.717, 1.165) is 30.2 Å². The van der Waals surface area contributed by atoms with Crippen LogP contribution in [0.25, 0.3) is 0 Å². The number of amides is 1. The number of aryl methyl sites for hydroxylation is 2. The van der Waals surface area contributed by atoms with Crippen LogP contribution in [0.5, 0.6) is 0 Å². The van der Waals surface area contributed by atoms with Gasteiger partial charge in [0.25, 0.3) is 0 Å². The topological polar surface area (TPSA) is 95.5 Å². The van der Waals surface area contributed by atoms with Gasteiger partial charge in [0.2, 0.25) is 11.9 Å². The van der Waals surface area contributed by atoms with Crippen molar-refractivity contribution in [2.75, 3.05) is 55.0 Å². The number of anilines is 1. The van der Waals surface area contributed by atoms with Gasteiger partial charge in [-0.3, -0.25) is 9.69 Å². The number of hydrogen-bond acceptors (Lipinski definition) is 8. The lowest BCUT2D eigenvalue weighted by Crippen LogP contribution is -2.55. The number of nitrogens with zero attached hydrogens (tertiary/aromatic N) is 4. The summed E-state index contributed by atoms with van der Waals surface area (Å²) >= 11 is 1.71. The second kappa shape index (κ2) is 9.61. The first-order chi connectivity index (χ1) is 13.8. The van der Waals surface area contributed by atoms with Gasteiger partial charge in [-0.1, -0.05) is 0 Å². The summed E-state index contributed by atoms with van der Waals surface area (Å²) in [6.07, 6.45) is 3.44. The lowest BCUT2D eigenvalue weighted by atomic mass is 10.1. The summed E-state index contributed by atoms with van der Waals surface area (Å²) in [5.74, 6) is 1.97. The highest BCUT2D eigenvalue weighted by atomic mass is 32.2. The van der Waals surface area contributed by atoms with Crippen molar-refractivity contribution in [1.82, 2.24) is 19.8 Å². The molecule has 0 unspecified atom stereocenters. The van der Waals surface area contributed by atoms with Gasteiger partial charge in [-0.15, -0.1) is 0 Å². The molecule has 1 aromatic rings. The minimum Gasteiger partial charge on any atom is -0.342 e. The van der Waals surface area contributed by atoms with Gasteiger partial charge in [-0.05, 0) is 44.8 Å². The Morgan fingerprint density at radius 3 is 2.45 bits per heavy atom. The molecule has 10 heteroatoms. The van der Waals surface area contributed by atoms with Crippen LogP contribution in [-0.2, 0) is 14.6 Å². The average molecular weight is 442 g/mol. The first kappa shape index (κ1) is 22.3. The summed E-state index contributed by atoms with van der Waals surface area (Å²) in [5, 5.41) is 3.25. The maximum Gasteiger partial charge on any atom is 0.245 e. The average Bonchev–Trinajstić information content (AvgIpc) is 3.03. The molecule has 1 aromatic heterocycles. The van der Waals surface area contributed by atoms with Gasteiger partial charge in [0.05, 0.1) is 11.5 Å². The third-order valence-electron chi connectivity index (χ3n) is 5.55. The van der Waals surface area contributed by atoms with E-state index in [1.165, 1.54) is 0 Å². The molecule has 0 aliphatic carbocycles. The second-order valence-corrected chi connectivity index (χ2v) is 11.1. The molecule has 1 amide bonds. The van der Waals surface area contributed by atoms with E-state index in [1.807, 2.05) is 31.1 Å². The van der Waals surface area contributed by atoms with Crippen LogP contribution in [0.15, 0.2) is 6.07 Å². The molecule has 0 aromatic carbocycles. The first-order valence-electron chi connectivity index (χ1n) is 10.1. The molecule has 1 N–H and O–H groups in total. The fourth-order valence-electron chi connectivity index (χ4n) is 4.03. The standard InChI is InChI=1S/C19H31N5O3S2/c1-14-12-15(2)21-19(20-14)22-17(4-10-28-3)18(25)24-8-6-23(7-9-24)16-5-11-29(26,27)13-16/h12,16-17H,4-11,13H2,1-3H3,(H,20,21,22)/t16-,17+/m1/s1. The van der Waals surface area contributed by atoms with Crippen LogP contribution in [0.3, 0.4) is 0 Å². The number of rotatable bonds is 7. The van der Waals surface area contributed by atoms with Crippen molar-refractivity contribution in [3.05, 3.63) is 17.5 Å². The third-order valence-corrected chi connectivity index (χ3v) is 7.94. The van der Waals surface area contributed by atoms with Gasteiger partial charge in [0.1, 0.15) is 6.04 Å². The quantitative estimate of drug-likeness (QED) is 0.668. The van der Waals surface area contributed by atoms with Crippen LogP contribution in [0.1, 0.15) is 24.2 Å². The van der Waals surface area contributed by atoms with Crippen LogP contribution in [0.4, 0.5) is 5.95 Å². The van der Waals surface area contributed by atoms with Crippen molar-refractivity contribution in [3.63, 3.8) is 0 Å². The molecule has 0 radical (unpaired) electrons. The number of nitrogens with one attached hydrogen (secondary N) is 1. The van der Waals surface area contributed by atoms with Crippen molar-refractivity contribution in [2.24, 2.45) is 0 Å². The highest BCUT2D eigenvalue weighted by Gasteiger charge is 2.35. The Morgan fingerprint density at radius 1 is 1.24 bits per heavy atom. The number of aromatic nitrogens is 2. The van der Waals surface area contributed by atoms with Gasteiger partial charge in [0.15, 0.2) is 9.84 Å². The van der Waals surface area contributed by atoms with Crippen LogP contribution in [0, 0.1) is 13.8 Å². The smallest absolute Gasteiger partial charge is 0.245 e.